The maximum Gasteiger partial charge on any atom is 0.252 e. The highest BCUT2D eigenvalue weighted by atomic mass is 79.9. The number of aromatic nitrogens is 2. The molecule has 0 spiro atoms. The number of amides is 1. The Bertz CT molecular complexity index is 1460. The van der Waals surface area contributed by atoms with Gasteiger partial charge >= 0.3 is 0 Å². The zero-order valence-electron chi connectivity index (χ0n) is 17.2. The van der Waals surface area contributed by atoms with Gasteiger partial charge in [-0.2, -0.15) is 0 Å². The van der Waals surface area contributed by atoms with Gasteiger partial charge < -0.3 is 16.0 Å². The van der Waals surface area contributed by atoms with Crippen LogP contribution in [0.25, 0.3) is 33.1 Å². The highest BCUT2D eigenvalue weighted by Gasteiger charge is 2.16. The number of para-hydroxylation sites is 1. The molecule has 0 saturated heterocycles. The van der Waals surface area contributed by atoms with E-state index < -0.39 is 0 Å². The fourth-order valence-corrected chi connectivity index (χ4v) is 4.31. The second-order valence-corrected chi connectivity index (χ2v) is 8.59. The fourth-order valence-electron chi connectivity index (χ4n) is 3.95. The quantitative estimate of drug-likeness (QED) is 0.306. The lowest BCUT2D eigenvalue weighted by molar-refractivity contribution is 0.0952. The molecule has 0 aliphatic rings. The zero-order chi connectivity index (χ0) is 22.1. The summed E-state index contributed by atoms with van der Waals surface area (Å²) in [6.07, 6.45) is 1.94. The number of nitrogens with zero attached hydrogens (tertiary/aromatic N) is 1. The summed E-state index contributed by atoms with van der Waals surface area (Å²) >= 11 is 3.55. The van der Waals surface area contributed by atoms with Gasteiger partial charge in [0.15, 0.2) is 0 Å². The van der Waals surface area contributed by atoms with E-state index in [4.69, 9.17) is 10.7 Å². The van der Waals surface area contributed by atoms with Crippen LogP contribution in [-0.4, -0.2) is 15.9 Å². The minimum atomic E-state index is -0.135. The number of nitrogens with one attached hydrogen (secondary N) is 2. The number of pyridine rings is 1. The van der Waals surface area contributed by atoms with Gasteiger partial charge in [-0.3, -0.25) is 4.79 Å². The fraction of sp³-hybridized carbons (Fsp3) is 0.0769. The van der Waals surface area contributed by atoms with Crippen LogP contribution in [-0.2, 0) is 13.1 Å². The lowest BCUT2D eigenvalue weighted by Gasteiger charge is -2.11. The first-order valence-corrected chi connectivity index (χ1v) is 11.1. The van der Waals surface area contributed by atoms with E-state index in [9.17, 15) is 4.79 Å². The van der Waals surface area contributed by atoms with Crippen molar-refractivity contribution in [1.82, 2.24) is 15.3 Å². The largest absolute Gasteiger partial charge is 0.360 e. The van der Waals surface area contributed by atoms with E-state index in [1.165, 1.54) is 0 Å². The van der Waals surface area contributed by atoms with Crippen LogP contribution < -0.4 is 11.1 Å². The molecular weight excluding hydrogens is 464 g/mol. The molecule has 1 amide bonds. The summed E-state index contributed by atoms with van der Waals surface area (Å²) in [6, 6.07) is 23.6. The lowest BCUT2D eigenvalue weighted by Crippen LogP contribution is -2.23. The molecule has 158 valence electrons. The Balaban J connectivity index is 1.54. The van der Waals surface area contributed by atoms with Gasteiger partial charge in [0.25, 0.3) is 5.91 Å². The number of fused-ring (bicyclic) bond motifs is 2. The summed E-state index contributed by atoms with van der Waals surface area (Å²) in [5.74, 6) is -0.135. The first-order chi connectivity index (χ1) is 15.6. The highest BCUT2D eigenvalue weighted by Crippen LogP contribution is 2.32. The van der Waals surface area contributed by atoms with Gasteiger partial charge in [0, 0.05) is 45.6 Å². The minimum absolute atomic E-state index is 0.135. The van der Waals surface area contributed by atoms with Crippen molar-refractivity contribution in [2.75, 3.05) is 0 Å². The van der Waals surface area contributed by atoms with Gasteiger partial charge in [-0.05, 0) is 41.5 Å². The number of H-pyrrole nitrogens is 1. The molecule has 5 rings (SSSR count). The third-order valence-corrected chi connectivity index (χ3v) is 6.05. The van der Waals surface area contributed by atoms with Crippen molar-refractivity contribution in [1.29, 1.82) is 0 Å². The third-order valence-electron chi connectivity index (χ3n) is 5.56. The first kappa shape index (κ1) is 20.4. The van der Waals surface area contributed by atoms with Crippen LogP contribution in [0.5, 0.6) is 0 Å². The SMILES string of the molecule is NCc1cccc(CNC(=O)c2cc(-c3c[nH]c4ccc(Br)cc34)nc3ccccc23)c1. The van der Waals surface area contributed by atoms with Crippen LogP contribution >= 0.6 is 15.9 Å². The van der Waals surface area contributed by atoms with Gasteiger partial charge in [0.2, 0.25) is 0 Å². The predicted octanol–water partition coefficient (Wildman–Crippen LogP) is 5.53. The maximum absolute atomic E-state index is 13.2. The van der Waals surface area contributed by atoms with E-state index in [2.05, 4.69) is 32.3 Å². The second-order valence-electron chi connectivity index (χ2n) is 7.67. The van der Waals surface area contributed by atoms with E-state index >= 15 is 0 Å². The lowest BCUT2D eigenvalue weighted by atomic mass is 10.0. The molecule has 2 aromatic heterocycles. The standard InChI is InChI=1S/C26H21BrN4O/c27-18-8-9-23-20(11-18)22(15-29-23)25-12-21(19-6-1-2-7-24(19)31-25)26(32)30-14-17-5-3-4-16(10-17)13-28/h1-12,15,29H,13-14,28H2,(H,30,32). The van der Waals surface area contributed by atoms with Crippen LogP contribution in [0.15, 0.2) is 83.5 Å². The molecule has 0 radical (unpaired) electrons. The van der Waals surface area contributed by atoms with Crippen molar-refractivity contribution in [3.63, 3.8) is 0 Å². The summed E-state index contributed by atoms with van der Waals surface area (Å²) in [4.78, 5) is 21.4. The summed E-state index contributed by atoms with van der Waals surface area (Å²) in [7, 11) is 0. The maximum atomic E-state index is 13.2. The number of nitrogens with two attached hydrogens (primary N) is 1. The molecule has 32 heavy (non-hydrogen) atoms. The molecule has 6 heteroatoms. The zero-order valence-corrected chi connectivity index (χ0v) is 18.8. The monoisotopic (exact) mass is 484 g/mol. The Labute approximate surface area is 193 Å². The van der Waals surface area contributed by atoms with Crippen molar-refractivity contribution in [2.45, 2.75) is 13.1 Å². The molecule has 0 bridgehead atoms. The van der Waals surface area contributed by atoms with E-state index in [0.717, 1.165) is 48.7 Å². The molecule has 3 aromatic carbocycles. The van der Waals surface area contributed by atoms with Crippen molar-refractivity contribution >= 4 is 43.6 Å². The number of carbonyl (C=O) groups excluding carboxylic acids is 1. The molecule has 0 aliphatic heterocycles. The van der Waals surface area contributed by atoms with Crippen molar-refractivity contribution in [3.05, 3.63) is 100 Å². The number of hydrogen-bond acceptors (Lipinski definition) is 3. The van der Waals surface area contributed by atoms with Crippen molar-refractivity contribution < 1.29 is 4.79 Å². The summed E-state index contributed by atoms with van der Waals surface area (Å²) in [5.41, 5.74) is 11.9. The second kappa shape index (κ2) is 8.57. The molecule has 5 nitrogen and oxygen atoms in total. The summed E-state index contributed by atoms with van der Waals surface area (Å²) in [6.45, 7) is 0.902. The van der Waals surface area contributed by atoms with Gasteiger partial charge in [0.1, 0.15) is 0 Å². The average Bonchev–Trinajstić information content (AvgIpc) is 3.25. The molecule has 5 aromatic rings. The van der Waals surface area contributed by atoms with Gasteiger partial charge in [0.05, 0.1) is 16.8 Å². The Morgan fingerprint density at radius 3 is 2.69 bits per heavy atom. The molecule has 0 unspecified atom stereocenters. The smallest absolute Gasteiger partial charge is 0.252 e. The molecule has 0 fully saturated rings. The van der Waals surface area contributed by atoms with Gasteiger partial charge in [-0.1, -0.05) is 58.4 Å². The average molecular weight is 485 g/mol. The number of rotatable bonds is 5. The van der Waals surface area contributed by atoms with E-state index in [1.807, 2.05) is 72.9 Å². The number of carbonyl (C=O) groups is 1. The van der Waals surface area contributed by atoms with Crippen LogP contribution in [0.4, 0.5) is 0 Å². The van der Waals surface area contributed by atoms with Crippen molar-refractivity contribution in [3.8, 4) is 11.3 Å². The number of halogens is 1. The topological polar surface area (TPSA) is 83.8 Å². The third kappa shape index (κ3) is 3.90. The summed E-state index contributed by atoms with van der Waals surface area (Å²) in [5, 5.41) is 4.93. The van der Waals surface area contributed by atoms with Crippen LogP contribution in [0.2, 0.25) is 0 Å². The molecule has 4 N–H and O–H groups in total. The van der Waals surface area contributed by atoms with Crippen LogP contribution in [0, 0.1) is 0 Å². The number of hydrogen-bond donors (Lipinski definition) is 3. The van der Waals surface area contributed by atoms with E-state index in [0.29, 0.717) is 18.7 Å². The van der Waals surface area contributed by atoms with Crippen LogP contribution in [0.1, 0.15) is 21.5 Å². The van der Waals surface area contributed by atoms with Gasteiger partial charge in [-0.25, -0.2) is 4.98 Å². The molecule has 0 atom stereocenters. The minimum Gasteiger partial charge on any atom is -0.360 e. The Hall–Kier alpha value is -3.48. The Morgan fingerprint density at radius 2 is 1.81 bits per heavy atom. The van der Waals surface area contributed by atoms with Crippen LogP contribution in [0.3, 0.4) is 0 Å². The predicted molar refractivity (Wildman–Crippen MR) is 132 cm³/mol. The molecule has 0 saturated carbocycles. The number of benzene rings is 3. The Morgan fingerprint density at radius 1 is 0.969 bits per heavy atom. The molecule has 2 heterocycles. The molecule has 0 aliphatic carbocycles. The normalized spacial score (nSPS) is 11.2. The van der Waals surface area contributed by atoms with E-state index in [1.54, 1.807) is 0 Å². The summed E-state index contributed by atoms with van der Waals surface area (Å²) < 4.78 is 0.990. The van der Waals surface area contributed by atoms with Crippen molar-refractivity contribution in [2.24, 2.45) is 5.73 Å². The Kier molecular flexibility index (Phi) is 5.47. The molecular formula is C26H21BrN4O. The van der Waals surface area contributed by atoms with E-state index in [-0.39, 0.29) is 5.91 Å². The number of aromatic amines is 1. The highest BCUT2D eigenvalue weighted by molar-refractivity contribution is 9.10. The first-order valence-electron chi connectivity index (χ1n) is 10.4. The van der Waals surface area contributed by atoms with Gasteiger partial charge in [-0.15, -0.1) is 0 Å².